The molecule has 12 heteroatoms. The SMILES string of the molecule is COc1ccc2cc1OCC(=O)N[C@@H](C)C(=O)N(C)CCCCN(C(=O)CCN1CCCC1=O)CCCNC(=O)CC2. The summed E-state index contributed by atoms with van der Waals surface area (Å²) in [7, 11) is 3.19. The van der Waals surface area contributed by atoms with E-state index in [0.717, 1.165) is 12.0 Å². The van der Waals surface area contributed by atoms with E-state index in [1.165, 1.54) is 7.11 Å². The molecule has 1 atom stereocenters. The number of benzene rings is 1. The first-order valence-corrected chi connectivity index (χ1v) is 14.8. The lowest BCUT2D eigenvalue weighted by Gasteiger charge is -2.26. The van der Waals surface area contributed by atoms with E-state index in [4.69, 9.17) is 9.47 Å². The predicted molar refractivity (Wildman–Crippen MR) is 156 cm³/mol. The summed E-state index contributed by atoms with van der Waals surface area (Å²) < 4.78 is 11.0. The Hall–Kier alpha value is -3.83. The summed E-state index contributed by atoms with van der Waals surface area (Å²) in [5.74, 6) is 0.158. The third kappa shape index (κ3) is 10.2. The molecule has 0 spiro atoms. The Morgan fingerprint density at radius 1 is 0.976 bits per heavy atom. The Kier molecular flexibility index (Phi) is 12.9. The highest BCUT2D eigenvalue weighted by Crippen LogP contribution is 2.28. The van der Waals surface area contributed by atoms with Gasteiger partial charge in [0.2, 0.25) is 23.6 Å². The molecule has 2 bridgehead atoms. The van der Waals surface area contributed by atoms with Crippen molar-refractivity contribution in [3.63, 3.8) is 0 Å². The van der Waals surface area contributed by atoms with Crippen LogP contribution in [0.15, 0.2) is 18.2 Å². The third-order valence-corrected chi connectivity index (χ3v) is 7.57. The third-order valence-electron chi connectivity index (χ3n) is 7.57. The summed E-state index contributed by atoms with van der Waals surface area (Å²) in [5, 5.41) is 5.61. The Morgan fingerprint density at radius 3 is 2.48 bits per heavy atom. The zero-order chi connectivity index (χ0) is 30.5. The molecule has 1 aromatic rings. The van der Waals surface area contributed by atoms with Crippen LogP contribution in [0.3, 0.4) is 0 Å². The maximum absolute atomic E-state index is 13.1. The van der Waals surface area contributed by atoms with Gasteiger partial charge in [-0.15, -0.1) is 0 Å². The maximum atomic E-state index is 13.1. The molecule has 2 heterocycles. The largest absolute Gasteiger partial charge is 0.493 e. The van der Waals surface area contributed by atoms with Crippen LogP contribution in [0.4, 0.5) is 0 Å². The molecule has 12 nitrogen and oxygen atoms in total. The van der Waals surface area contributed by atoms with Gasteiger partial charge >= 0.3 is 0 Å². The van der Waals surface area contributed by atoms with E-state index >= 15 is 0 Å². The summed E-state index contributed by atoms with van der Waals surface area (Å²) >= 11 is 0. The minimum absolute atomic E-state index is 0.0197. The monoisotopic (exact) mass is 587 g/mol. The van der Waals surface area contributed by atoms with Gasteiger partial charge in [0, 0.05) is 65.6 Å². The van der Waals surface area contributed by atoms with Gasteiger partial charge in [0.25, 0.3) is 5.91 Å². The number of likely N-dealkylation sites (tertiary alicyclic amines) is 1. The van der Waals surface area contributed by atoms with Gasteiger partial charge in [0.05, 0.1) is 7.11 Å². The fourth-order valence-corrected chi connectivity index (χ4v) is 5.10. The second kappa shape index (κ2) is 16.6. The van der Waals surface area contributed by atoms with Gasteiger partial charge in [0.15, 0.2) is 18.1 Å². The van der Waals surface area contributed by atoms with Gasteiger partial charge in [-0.1, -0.05) is 6.07 Å². The van der Waals surface area contributed by atoms with Crippen LogP contribution >= 0.6 is 0 Å². The molecule has 1 aromatic carbocycles. The number of hydrogen-bond acceptors (Lipinski definition) is 7. The highest BCUT2D eigenvalue weighted by molar-refractivity contribution is 5.87. The highest BCUT2D eigenvalue weighted by Gasteiger charge is 2.23. The van der Waals surface area contributed by atoms with Crippen LogP contribution in [0, 0.1) is 0 Å². The van der Waals surface area contributed by atoms with Crippen LogP contribution < -0.4 is 20.1 Å². The second-order valence-corrected chi connectivity index (χ2v) is 10.8. The zero-order valence-corrected chi connectivity index (χ0v) is 25.1. The van der Waals surface area contributed by atoms with Crippen molar-refractivity contribution in [1.29, 1.82) is 0 Å². The van der Waals surface area contributed by atoms with Gasteiger partial charge in [-0.2, -0.15) is 0 Å². The molecular weight excluding hydrogens is 542 g/mol. The number of ether oxygens (including phenoxy) is 2. The fraction of sp³-hybridized carbons (Fsp3) is 0.633. The molecule has 2 aliphatic rings. The number of likely N-dealkylation sites (N-methyl/N-ethyl adjacent to an activating group) is 1. The normalized spacial score (nSPS) is 20.6. The van der Waals surface area contributed by atoms with E-state index in [-0.39, 0.29) is 43.1 Å². The van der Waals surface area contributed by atoms with E-state index in [2.05, 4.69) is 10.6 Å². The summed E-state index contributed by atoms with van der Waals surface area (Å²) in [6.45, 7) is 4.38. The molecule has 5 amide bonds. The quantitative estimate of drug-likeness (QED) is 0.538. The maximum Gasteiger partial charge on any atom is 0.258 e. The van der Waals surface area contributed by atoms with Crippen molar-refractivity contribution < 1.29 is 33.4 Å². The zero-order valence-electron chi connectivity index (χ0n) is 25.1. The molecule has 0 aliphatic carbocycles. The predicted octanol–water partition coefficient (Wildman–Crippen LogP) is 1.11. The molecule has 0 radical (unpaired) electrons. The minimum atomic E-state index is -0.734. The highest BCUT2D eigenvalue weighted by atomic mass is 16.5. The summed E-state index contributed by atoms with van der Waals surface area (Å²) in [6.07, 6.45) is 4.34. The molecular formula is C30H45N5O7. The van der Waals surface area contributed by atoms with Crippen molar-refractivity contribution in [2.75, 3.05) is 60.0 Å². The van der Waals surface area contributed by atoms with Crippen molar-refractivity contribution in [3.05, 3.63) is 23.8 Å². The van der Waals surface area contributed by atoms with Crippen molar-refractivity contribution in [2.45, 2.75) is 64.3 Å². The van der Waals surface area contributed by atoms with Crippen LogP contribution in [0.5, 0.6) is 11.5 Å². The van der Waals surface area contributed by atoms with E-state index in [1.807, 2.05) is 6.07 Å². The number of nitrogens with zero attached hydrogens (tertiary/aromatic N) is 3. The molecule has 1 saturated heterocycles. The van der Waals surface area contributed by atoms with E-state index in [9.17, 15) is 24.0 Å². The Labute approximate surface area is 248 Å². The van der Waals surface area contributed by atoms with Crippen molar-refractivity contribution >= 4 is 29.5 Å². The van der Waals surface area contributed by atoms with E-state index in [1.54, 1.807) is 40.8 Å². The van der Waals surface area contributed by atoms with Crippen molar-refractivity contribution in [3.8, 4) is 11.5 Å². The fourth-order valence-electron chi connectivity index (χ4n) is 5.10. The van der Waals surface area contributed by atoms with Gasteiger partial charge in [-0.05, 0) is 56.7 Å². The standard InChI is InChI=1S/C30H45N5O7/c1-22-30(40)33(2)15-4-5-16-34(29(39)13-19-35-17-6-8-28(35)38)18-7-14-31-26(36)12-10-23-9-11-24(41-3)25(20-23)42-21-27(37)32-22/h9,11,20,22H,4-8,10,12-19,21H2,1-3H3,(H,31,36)(H,32,37)/t22-/m0/s1. The average molecular weight is 588 g/mol. The molecule has 232 valence electrons. The van der Waals surface area contributed by atoms with Gasteiger partial charge < -0.3 is 34.8 Å². The lowest BCUT2D eigenvalue weighted by Crippen LogP contribution is -2.47. The summed E-state index contributed by atoms with van der Waals surface area (Å²) in [5.41, 5.74) is 0.849. The molecule has 42 heavy (non-hydrogen) atoms. The minimum Gasteiger partial charge on any atom is -0.493 e. The number of methoxy groups -OCH3 is 1. The smallest absolute Gasteiger partial charge is 0.258 e. The second-order valence-electron chi connectivity index (χ2n) is 10.8. The Balaban J connectivity index is 1.65. The molecule has 0 saturated carbocycles. The number of amides is 5. The number of nitrogens with one attached hydrogen (secondary N) is 2. The molecule has 0 unspecified atom stereocenters. The van der Waals surface area contributed by atoms with Crippen LogP contribution in [0.25, 0.3) is 0 Å². The molecule has 0 aromatic heterocycles. The molecule has 1 fully saturated rings. The topological polar surface area (TPSA) is 138 Å². The number of fused-ring (bicyclic) bond motifs is 2. The van der Waals surface area contributed by atoms with Crippen LogP contribution in [-0.2, 0) is 30.4 Å². The lowest BCUT2D eigenvalue weighted by atomic mass is 10.1. The first-order valence-electron chi connectivity index (χ1n) is 14.8. The Bertz CT molecular complexity index is 1110. The van der Waals surface area contributed by atoms with Crippen LogP contribution in [0.2, 0.25) is 0 Å². The Morgan fingerprint density at radius 2 is 1.74 bits per heavy atom. The lowest BCUT2D eigenvalue weighted by molar-refractivity contribution is -0.135. The van der Waals surface area contributed by atoms with Gasteiger partial charge in [-0.25, -0.2) is 0 Å². The first kappa shape index (κ1) is 32.7. The number of hydrogen-bond donors (Lipinski definition) is 2. The molecule has 2 aliphatic heterocycles. The van der Waals surface area contributed by atoms with Crippen molar-refractivity contribution in [2.24, 2.45) is 0 Å². The number of rotatable bonds is 4. The summed E-state index contributed by atoms with van der Waals surface area (Å²) in [6, 6.07) is 4.58. The van der Waals surface area contributed by atoms with Gasteiger partial charge in [0.1, 0.15) is 6.04 Å². The molecule has 2 N–H and O–H groups in total. The number of aryl methyl sites for hydroxylation is 1. The molecule has 3 rings (SSSR count). The average Bonchev–Trinajstić information content (AvgIpc) is 3.40. The van der Waals surface area contributed by atoms with E-state index < -0.39 is 11.9 Å². The van der Waals surface area contributed by atoms with Crippen LogP contribution in [0.1, 0.15) is 57.4 Å². The van der Waals surface area contributed by atoms with Crippen LogP contribution in [-0.4, -0.2) is 110 Å². The first-order chi connectivity index (χ1) is 20.2. The van der Waals surface area contributed by atoms with Gasteiger partial charge in [-0.3, -0.25) is 24.0 Å². The van der Waals surface area contributed by atoms with Crippen molar-refractivity contribution in [1.82, 2.24) is 25.3 Å². The van der Waals surface area contributed by atoms with E-state index in [0.29, 0.717) is 82.9 Å². The number of carbonyl (C=O) groups is 5. The summed E-state index contributed by atoms with van der Waals surface area (Å²) in [4.78, 5) is 68.0. The number of carbonyl (C=O) groups excluding carboxylic acids is 5.